The molecule has 0 spiro atoms. The van der Waals surface area contributed by atoms with E-state index in [1.807, 2.05) is 0 Å². The van der Waals surface area contributed by atoms with Gasteiger partial charge in [0.05, 0.1) is 12.8 Å². The molecule has 0 aromatic heterocycles. The molecule has 0 saturated carbocycles. The van der Waals surface area contributed by atoms with Gasteiger partial charge in [-0.25, -0.2) is 4.79 Å². The molecular formula is C7H13Na3O7. The second-order valence-electron chi connectivity index (χ2n) is 2.16. The standard InChI is InChI=1S/C7H10O7.3Na.3H/c1-12-4-13-5(8)2-3-6(9)14-7(10)11;;;;;;/h2-4H2,1H3,(H,10,11);;;;;;. The van der Waals surface area contributed by atoms with E-state index >= 15 is 0 Å². The van der Waals surface area contributed by atoms with Gasteiger partial charge in [0.1, 0.15) is 0 Å². The van der Waals surface area contributed by atoms with Crippen LogP contribution in [0.3, 0.4) is 0 Å². The molecule has 0 fully saturated rings. The van der Waals surface area contributed by atoms with Crippen LogP contribution in [0.1, 0.15) is 12.8 Å². The van der Waals surface area contributed by atoms with Gasteiger partial charge in [-0.05, 0) is 0 Å². The Bertz CT molecular complexity index is 234. The molecule has 17 heavy (non-hydrogen) atoms. The van der Waals surface area contributed by atoms with E-state index in [0.717, 1.165) is 0 Å². The summed E-state index contributed by atoms with van der Waals surface area (Å²) >= 11 is 0. The van der Waals surface area contributed by atoms with Crippen molar-refractivity contribution in [3.05, 3.63) is 0 Å². The second-order valence-corrected chi connectivity index (χ2v) is 2.16. The zero-order valence-corrected chi connectivity index (χ0v) is 7.52. The molecule has 0 unspecified atom stereocenters. The molecule has 0 aromatic rings. The fourth-order valence-electron chi connectivity index (χ4n) is 0.549. The minimum atomic E-state index is -1.69. The third kappa shape index (κ3) is 19.9. The normalized spacial score (nSPS) is 7.59. The van der Waals surface area contributed by atoms with Crippen LogP contribution in [0, 0.1) is 0 Å². The van der Waals surface area contributed by atoms with Crippen molar-refractivity contribution < 1.29 is 33.7 Å². The first-order valence-corrected chi connectivity index (χ1v) is 3.64. The molecule has 0 rings (SSSR count). The predicted octanol–water partition coefficient (Wildman–Crippen LogP) is -1.81. The van der Waals surface area contributed by atoms with Crippen LogP contribution in [0.2, 0.25) is 0 Å². The Morgan fingerprint density at radius 2 is 1.47 bits per heavy atom. The molecule has 0 aromatic carbocycles. The molecule has 0 radical (unpaired) electrons. The van der Waals surface area contributed by atoms with Gasteiger partial charge in [-0.15, -0.1) is 0 Å². The van der Waals surface area contributed by atoms with Gasteiger partial charge in [0.15, 0.2) is 6.79 Å². The molecule has 0 saturated heterocycles. The van der Waals surface area contributed by atoms with Crippen LogP contribution in [-0.4, -0.2) is 126 Å². The zero-order chi connectivity index (χ0) is 11.0. The number of carboxylic acid groups (broad SMARTS) is 1. The van der Waals surface area contributed by atoms with Crippen LogP contribution in [0.4, 0.5) is 4.79 Å². The van der Waals surface area contributed by atoms with E-state index < -0.39 is 18.1 Å². The molecule has 7 nitrogen and oxygen atoms in total. The topological polar surface area (TPSA) is 99.1 Å². The van der Waals surface area contributed by atoms with Crippen molar-refractivity contribution in [1.82, 2.24) is 0 Å². The van der Waals surface area contributed by atoms with Crippen LogP contribution < -0.4 is 0 Å². The number of rotatable bonds is 5. The van der Waals surface area contributed by atoms with Crippen molar-refractivity contribution in [2.24, 2.45) is 0 Å². The third-order valence-corrected chi connectivity index (χ3v) is 1.07. The summed E-state index contributed by atoms with van der Waals surface area (Å²) < 4.78 is 12.6. The average molecular weight is 278 g/mol. The van der Waals surface area contributed by atoms with Gasteiger partial charge in [-0.3, -0.25) is 9.59 Å². The molecular weight excluding hydrogens is 265 g/mol. The van der Waals surface area contributed by atoms with Gasteiger partial charge < -0.3 is 19.3 Å². The summed E-state index contributed by atoms with van der Waals surface area (Å²) in [7, 11) is 1.34. The van der Waals surface area contributed by atoms with Crippen LogP contribution in [0.25, 0.3) is 0 Å². The van der Waals surface area contributed by atoms with Crippen LogP contribution >= 0.6 is 0 Å². The maximum atomic E-state index is 10.7. The molecule has 0 bridgehead atoms. The summed E-state index contributed by atoms with van der Waals surface area (Å²) in [6.07, 6.45) is -2.27. The molecule has 0 heterocycles. The summed E-state index contributed by atoms with van der Waals surface area (Å²) in [5, 5.41) is 8.01. The number of ether oxygens (including phenoxy) is 3. The Hall–Kier alpha value is 1.37. The first-order chi connectivity index (χ1) is 6.56. The van der Waals surface area contributed by atoms with Crippen molar-refractivity contribution in [3.63, 3.8) is 0 Å². The quantitative estimate of drug-likeness (QED) is 0.274. The maximum absolute atomic E-state index is 10.7. The number of carbonyl (C=O) groups is 3. The Morgan fingerprint density at radius 3 is 1.88 bits per heavy atom. The SMILES string of the molecule is COCOC(=O)CCC(=O)OC(=O)O.[NaH].[NaH].[NaH]. The Kier molecular flexibility index (Phi) is 27.4. The zero-order valence-electron chi connectivity index (χ0n) is 7.52. The van der Waals surface area contributed by atoms with Gasteiger partial charge in [-0.2, -0.15) is 0 Å². The van der Waals surface area contributed by atoms with E-state index in [1.165, 1.54) is 7.11 Å². The predicted molar refractivity (Wildman–Crippen MR) is 62.8 cm³/mol. The van der Waals surface area contributed by atoms with Gasteiger partial charge >= 0.3 is 107 Å². The molecule has 0 amide bonds. The number of hydrogen-bond donors (Lipinski definition) is 1. The summed E-state index contributed by atoms with van der Waals surface area (Å²) in [6, 6.07) is 0. The minimum absolute atomic E-state index is 0. The van der Waals surface area contributed by atoms with Crippen LogP contribution in [0.5, 0.6) is 0 Å². The van der Waals surface area contributed by atoms with Gasteiger partial charge in [0, 0.05) is 7.11 Å². The van der Waals surface area contributed by atoms with E-state index in [0.29, 0.717) is 0 Å². The van der Waals surface area contributed by atoms with Crippen LogP contribution in [-0.2, 0) is 23.8 Å². The first-order valence-electron chi connectivity index (χ1n) is 3.64. The number of esters is 2. The summed E-state index contributed by atoms with van der Waals surface area (Å²) in [5.74, 6) is -1.65. The van der Waals surface area contributed by atoms with Crippen molar-refractivity contribution in [1.29, 1.82) is 0 Å². The number of carbonyl (C=O) groups excluding carboxylic acids is 2. The molecule has 10 heteroatoms. The molecule has 1 N–H and O–H groups in total. The molecule has 86 valence electrons. The fourth-order valence-corrected chi connectivity index (χ4v) is 0.549. The number of hydrogen-bond acceptors (Lipinski definition) is 6. The second kappa shape index (κ2) is 17.4. The summed E-state index contributed by atoms with van der Waals surface area (Å²) in [6.45, 7) is -0.202. The van der Waals surface area contributed by atoms with Gasteiger partial charge in [0.25, 0.3) is 0 Å². The van der Waals surface area contributed by atoms with Crippen LogP contribution in [0.15, 0.2) is 0 Å². The fraction of sp³-hybridized carbons (Fsp3) is 0.571. The third-order valence-electron chi connectivity index (χ3n) is 1.07. The van der Waals surface area contributed by atoms with E-state index in [-0.39, 0.29) is 108 Å². The van der Waals surface area contributed by atoms with Crippen molar-refractivity contribution in [2.45, 2.75) is 12.8 Å². The number of methoxy groups -OCH3 is 1. The summed E-state index contributed by atoms with van der Waals surface area (Å²) in [4.78, 5) is 31.2. The Labute approximate surface area is 165 Å². The molecule has 0 aliphatic heterocycles. The molecule has 0 aliphatic rings. The molecule has 0 atom stereocenters. The monoisotopic (exact) mass is 278 g/mol. The van der Waals surface area contributed by atoms with E-state index in [4.69, 9.17) is 5.11 Å². The Morgan fingerprint density at radius 1 is 1.00 bits per heavy atom. The van der Waals surface area contributed by atoms with Crippen molar-refractivity contribution >= 4 is 107 Å². The van der Waals surface area contributed by atoms with E-state index in [1.54, 1.807) is 0 Å². The van der Waals surface area contributed by atoms with E-state index in [2.05, 4.69) is 14.2 Å². The first kappa shape index (κ1) is 26.8. The summed E-state index contributed by atoms with van der Waals surface area (Å²) in [5.41, 5.74) is 0. The molecule has 0 aliphatic carbocycles. The average Bonchev–Trinajstić information content (AvgIpc) is 2.10. The van der Waals surface area contributed by atoms with Gasteiger partial charge in [0.2, 0.25) is 0 Å². The van der Waals surface area contributed by atoms with Crippen molar-refractivity contribution in [2.75, 3.05) is 13.9 Å². The van der Waals surface area contributed by atoms with E-state index in [9.17, 15) is 14.4 Å². The van der Waals surface area contributed by atoms with Gasteiger partial charge in [-0.1, -0.05) is 0 Å². The van der Waals surface area contributed by atoms with Crippen molar-refractivity contribution in [3.8, 4) is 0 Å². The Balaban J connectivity index is -0.000000282.